The standard InChI is InChI=1S/C24H32N4O4S/c1-14(2)25-13-20(29)27-23-21(18-10-9-15(24(3,4)5)11-19(18)33-23)22(30)26-16-7-6-8-17(12-16)28(31)32/h6-8,12,14-15,25H,9-11,13H2,1-5H3,(H,26,30)(H,27,29)/t15-/m0/s1. The van der Waals surface area contributed by atoms with Crippen LogP contribution in [0.25, 0.3) is 0 Å². The average molecular weight is 473 g/mol. The third kappa shape index (κ3) is 6.17. The summed E-state index contributed by atoms with van der Waals surface area (Å²) < 4.78 is 0. The van der Waals surface area contributed by atoms with Crippen molar-refractivity contribution in [2.75, 3.05) is 17.2 Å². The molecule has 1 aromatic carbocycles. The van der Waals surface area contributed by atoms with E-state index in [-0.39, 0.29) is 35.5 Å². The monoisotopic (exact) mass is 472 g/mol. The molecule has 0 aliphatic heterocycles. The molecule has 2 amide bonds. The Hall–Kier alpha value is -2.78. The van der Waals surface area contributed by atoms with E-state index in [9.17, 15) is 19.7 Å². The topological polar surface area (TPSA) is 113 Å². The lowest BCUT2D eigenvalue weighted by Crippen LogP contribution is -2.32. The summed E-state index contributed by atoms with van der Waals surface area (Å²) in [5.41, 5.74) is 1.83. The van der Waals surface area contributed by atoms with Crippen LogP contribution in [-0.2, 0) is 17.6 Å². The van der Waals surface area contributed by atoms with Gasteiger partial charge in [-0.1, -0.05) is 40.7 Å². The molecule has 178 valence electrons. The number of hydrogen-bond acceptors (Lipinski definition) is 6. The first-order valence-electron chi connectivity index (χ1n) is 11.2. The number of nitro benzene ring substituents is 1. The Morgan fingerprint density at radius 1 is 1.24 bits per heavy atom. The van der Waals surface area contributed by atoms with E-state index in [2.05, 4.69) is 36.7 Å². The van der Waals surface area contributed by atoms with Crippen molar-refractivity contribution >= 4 is 39.5 Å². The molecule has 8 nitrogen and oxygen atoms in total. The zero-order valence-electron chi connectivity index (χ0n) is 19.8. The molecule has 1 aromatic heterocycles. The van der Waals surface area contributed by atoms with Gasteiger partial charge in [-0.05, 0) is 42.2 Å². The molecule has 2 aromatic rings. The van der Waals surface area contributed by atoms with Crippen molar-refractivity contribution in [3.8, 4) is 0 Å². The predicted octanol–water partition coefficient (Wildman–Crippen LogP) is 5.00. The summed E-state index contributed by atoms with van der Waals surface area (Å²) in [5, 5.41) is 20.4. The number of fused-ring (bicyclic) bond motifs is 1. The number of carbonyl (C=O) groups excluding carboxylic acids is 2. The zero-order chi connectivity index (χ0) is 24.3. The second-order valence-electron chi connectivity index (χ2n) is 9.86. The van der Waals surface area contributed by atoms with Gasteiger partial charge in [0, 0.05) is 28.7 Å². The SMILES string of the molecule is CC(C)NCC(=O)Nc1sc2c(c1C(=O)Nc1cccc([N+](=O)[O-])c1)CC[C@H](C(C)(C)C)C2. The molecule has 1 heterocycles. The normalized spacial score (nSPS) is 15.8. The first kappa shape index (κ1) is 24.9. The molecule has 3 N–H and O–H groups in total. The van der Waals surface area contributed by atoms with Gasteiger partial charge in [0.2, 0.25) is 5.91 Å². The van der Waals surface area contributed by atoms with Crippen LogP contribution in [0, 0.1) is 21.4 Å². The van der Waals surface area contributed by atoms with Crippen molar-refractivity contribution in [2.45, 2.75) is 59.9 Å². The third-order valence-corrected chi connectivity index (χ3v) is 7.13. The van der Waals surface area contributed by atoms with Gasteiger partial charge in [-0.3, -0.25) is 19.7 Å². The van der Waals surface area contributed by atoms with Gasteiger partial charge in [-0.15, -0.1) is 11.3 Å². The van der Waals surface area contributed by atoms with Crippen LogP contribution in [0.4, 0.5) is 16.4 Å². The lowest BCUT2D eigenvalue weighted by molar-refractivity contribution is -0.384. The highest BCUT2D eigenvalue weighted by atomic mass is 32.1. The second kappa shape index (κ2) is 10.0. The van der Waals surface area contributed by atoms with E-state index in [1.165, 1.54) is 29.5 Å². The van der Waals surface area contributed by atoms with Crippen molar-refractivity contribution in [1.82, 2.24) is 5.32 Å². The Balaban J connectivity index is 1.91. The molecule has 0 saturated heterocycles. The number of nitro groups is 1. The fourth-order valence-electron chi connectivity index (χ4n) is 4.01. The van der Waals surface area contributed by atoms with E-state index in [1.807, 2.05) is 13.8 Å². The van der Waals surface area contributed by atoms with Crippen molar-refractivity contribution in [1.29, 1.82) is 0 Å². The number of nitrogens with zero attached hydrogens (tertiary/aromatic N) is 1. The van der Waals surface area contributed by atoms with Gasteiger partial charge in [-0.25, -0.2) is 0 Å². The van der Waals surface area contributed by atoms with Gasteiger partial charge < -0.3 is 16.0 Å². The molecular weight excluding hydrogens is 440 g/mol. The van der Waals surface area contributed by atoms with Crippen LogP contribution in [0.5, 0.6) is 0 Å². The third-order valence-electron chi connectivity index (χ3n) is 5.96. The molecule has 9 heteroatoms. The maximum atomic E-state index is 13.3. The van der Waals surface area contributed by atoms with Crippen LogP contribution in [0.3, 0.4) is 0 Å². The van der Waals surface area contributed by atoms with Gasteiger partial charge in [0.15, 0.2) is 0 Å². The van der Waals surface area contributed by atoms with Crippen molar-refractivity contribution in [3.05, 3.63) is 50.4 Å². The summed E-state index contributed by atoms with van der Waals surface area (Å²) in [6.07, 6.45) is 2.58. The maximum Gasteiger partial charge on any atom is 0.271 e. The molecule has 1 atom stereocenters. The molecule has 3 rings (SSSR count). The van der Waals surface area contributed by atoms with Crippen molar-refractivity contribution in [2.24, 2.45) is 11.3 Å². The lowest BCUT2D eigenvalue weighted by atomic mass is 9.72. The lowest BCUT2D eigenvalue weighted by Gasteiger charge is -2.33. The van der Waals surface area contributed by atoms with Gasteiger partial charge in [-0.2, -0.15) is 0 Å². The van der Waals surface area contributed by atoms with Gasteiger partial charge in [0.1, 0.15) is 5.00 Å². The Labute approximate surface area is 198 Å². The number of carbonyl (C=O) groups is 2. The van der Waals surface area contributed by atoms with Crippen LogP contribution in [0.1, 0.15) is 61.8 Å². The molecule has 1 aliphatic carbocycles. The van der Waals surface area contributed by atoms with Crippen LogP contribution in [0.15, 0.2) is 24.3 Å². The number of thiophene rings is 1. The van der Waals surface area contributed by atoms with Gasteiger partial charge >= 0.3 is 0 Å². The number of amides is 2. The number of nitrogens with one attached hydrogen (secondary N) is 3. The van der Waals surface area contributed by atoms with E-state index < -0.39 is 4.92 Å². The van der Waals surface area contributed by atoms with Crippen molar-refractivity contribution in [3.63, 3.8) is 0 Å². The minimum Gasteiger partial charge on any atom is -0.322 e. The number of rotatable bonds is 7. The van der Waals surface area contributed by atoms with E-state index in [4.69, 9.17) is 0 Å². The Kier molecular flexibility index (Phi) is 7.54. The highest BCUT2D eigenvalue weighted by Crippen LogP contribution is 2.44. The smallest absolute Gasteiger partial charge is 0.271 e. The molecule has 0 radical (unpaired) electrons. The van der Waals surface area contributed by atoms with Crippen LogP contribution < -0.4 is 16.0 Å². The summed E-state index contributed by atoms with van der Waals surface area (Å²) in [7, 11) is 0. The van der Waals surface area contributed by atoms with E-state index in [1.54, 1.807) is 6.07 Å². The van der Waals surface area contributed by atoms with Crippen LogP contribution in [-0.4, -0.2) is 29.3 Å². The first-order chi connectivity index (χ1) is 15.5. The maximum absolute atomic E-state index is 13.3. The second-order valence-corrected chi connectivity index (χ2v) is 11.0. The number of hydrogen-bond donors (Lipinski definition) is 3. The molecule has 0 spiro atoms. The Morgan fingerprint density at radius 3 is 2.61 bits per heavy atom. The molecule has 33 heavy (non-hydrogen) atoms. The minimum atomic E-state index is -0.498. The molecule has 0 bridgehead atoms. The van der Waals surface area contributed by atoms with E-state index in [0.717, 1.165) is 29.7 Å². The number of anilines is 2. The predicted molar refractivity (Wildman–Crippen MR) is 132 cm³/mol. The Morgan fingerprint density at radius 2 is 1.97 bits per heavy atom. The fraction of sp³-hybridized carbons (Fsp3) is 0.500. The largest absolute Gasteiger partial charge is 0.322 e. The summed E-state index contributed by atoms with van der Waals surface area (Å²) in [6.45, 7) is 10.8. The first-order valence-corrected chi connectivity index (χ1v) is 12.0. The Bertz CT molecular complexity index is 1060. The molecule has 1 aliphatic rings. The summed E-state index contributed by atoms with van der Waals surface area (Å²) in [5.74, 6) is -0.0871. The fourth-order valence-corrected chi connectivity index (χ4v) is 5.35. The average Bonchev–Trinajstić information content (AvgIpc) is 3.08. The summed E-state index contributed by atoms with van der Waals surface area (Å²) >= 11 is 1.46. The van der Waals surface area contributed by atoms with E-state index in [0.29, 0.717) is 22.2 Å². The quantitative estimate of drug-likeness (QED) is 0.388. The van der Waals surface area contributed by atoms with Crippen LogP contribution in [0.2, 0.25) is 0 Å². The molecule has 0 fully saturated rings. The molecular formula is C24H32N4O4S. The molecule has 0 unspecified atom stereocenters. The summed E-state index contributed by atoms with van der Waals surface area (Å²) in [4.78, 5) is 37.6. The highest BCUT2D eigenvalue weighted by molar-refractivity contribution is 7.17. The minimum absolute atomic E-state index is 0.0959. The molecule has 0 saturated carbocycles. The van der Waals surface area contributed by atoms with Crippen LogP contribution >= 0.6 is 11.3 Å². The number of benzene rings is 1. The van der Waals surface area contributed by atoms with Gasteiger partial charge in [0.25, 0.3) is 11.6 Å². The van der Waals surface area contributed by atoms with Crippen molar-refractivity contribution < 1.29 is 14.5 Å². The number of non-ortho nitro benzene ring substituents is 1. The van der Waals surface area contributed by atoms with Gasteiger partial charge in [0.05, 0.1) is 17.0 Å². The highest BCUT2D eigenvalue weighted by Gasteiger charge is 2.34. The zero-order valence-corrected chi connectivity index (χ0v) is 20.6. The van der Waals surface area contributed by atoms with E-state index >= 15 is 0 Å². The summed E-state index contributed by atoms with van der Waals surface area (Å²) in [6, 6.07) is 6.02.